The summed E-state index contributed by atoms with van der Waals surface area (Å²) in [6.07, 6.45) is 5.54. The molecule has 4 aromatic rings. The van der Waals surface area contributed by atoms with Crippen LogP contribution in [-0.2, 0) is 6.54 Å². The number of carbonyl (C=O) groups excluding carboxylic acids is 1. The number of nitrogens with one attached hydrogen (secondary N) is 2. The van der Waals surface area contributed by atoms with Gasteiger partial charge in [-0.1, -0.05) is 12.1 Å². The lowest BCUT2D eigenvalue weighted by molar-refractivity contribution is 0.0617. The van der Waals surface area contributed by atoms with Crippen LogP contribution < -0.4 is 5.32 Å². The van der Waals surface area contributed by atoms with E-state index < -0.39 is 0 Å². The second-order valence-electron chi connectivity index (χ2n) is 8.54. The molecular formula is C25H26N6O2. The topological polar surface area (TPSA) is 91.4 Å². The van der Waals surface area contributed by atoms with Crippen LogP contribution in [0.5, 0.6) is 0 Å². The average Bonchev–Trinajstić information content (AvgIpc) is 3.49. The van der Waals surface area contributed by atoms with Gasteiger partial charge in [0.05, 0.1) is 17.6 Å². The molecule has 0 spiro atoms. The number of hydrogen-bond acceptors (Lipinski definition) is 5. The van der Waals surface area contributed by atoms with E-state index in [1.165, 1.54) is 12.0 Å². The first-order chi connectivity index (χ1) is 16.1. The molecule has 0 bridgehead atoms. The van der Waals surface area contributed by atoms with Gasteiger partial charge in [-0.2, -0.15) is 0 Å². The maximum Gasteiger partial charge on any atom is 0.289 e. The highest BCUT2D eigenvalue weighted by atomic mass is 16.3. The van der Waals surface area contributed by atoms with Crippen molar-refractivity contribution in [1.29, 1.82) is 0 Å². The van der Waals surface area contributed by atoms with Gasteiger partial charge in [0, 0.05) is 25.2 Å². The number of amides is 1. The van der Waals surface area contributed by atoms with Gasteiger partial charge in [-0.3, -0.25) is 4.79 Å². The van der Waals surface area contributed by atoms with Crippen molar-refractivity contribution in [2.75, 3.05) is 6.54 Å². The molecule has 1 aliphatic rings. The molecule has 2 N–H and O–H groups in total. The molecule has 8 heteroatoms. The molecule has 1 fully saturated rings. The molecule has 8 nitrogen and oxygen atoms in total. The number of fused-ring (bicyclic) bond motifs is 2. The van der Waals surface area contributed by atoms with Crippen LogP contribution in [0.2, 0.25) is 0 Å². The zero-order chi connectivity index (χ0) is 22.8. The molecule has 0 saturated heterocycles. The number of nitrogens with zero attached hydrogens (tertiary/aromatic N) is 4. The molecule has 0 unspecified atom stereocenters. The van der Waals surface area contributed by atoms with E-state index in [0.29, 0.717) is 29.6 Å². The van der Waals surface area contributed by atoms with E-state index in [9.17, 15) is 4.79 Å². The van der Waals surface area contributed by atoms with Crippen molar-refractivity contribution in [1.82, 2.24) is 25.2 Å². The van der Waals surface area contributed by atoms with Gasteiger partial charge in [-0.25, -0.2) is 14.8 Å². The number of imidazole rings is 1. The quantitative estimate of drug-likeness (QED) is 0.418. The molecule has 2 aromatic heterocycles. The van der Waals surface area contributed by atoms with Gasteiger partial charge < -0.3 is 19.6 Å². The predicted octanol–water partition coefficient (Wildman–Crippen LogP) is 4.82. The molecule has 5 rings (SSSR count). The lowest BCUT2D eigenvalue weighted by atomic mass is 9.89. The molecule has 1 saturated carbocycles. The number of hydrogen-bond donors (Lipinski definition) is 2. The Morgan fingerprint density at radius 1 is 1.27 bits per heavy atom. The third-order valence-corrected chi connectivity index (χ3v) is 6.48. The Balaban J connectivity index is 1.26. The first kappa shape index (κ1) is 21.2. The van der Waals surface area contributed by atoms with Crippen LogP contribution in [0.4, 0.5) is 5.69 Å². The number of rotatable bonds is 6. The number of carbonyl (C=O) groups is 1. The maximum atomic E-state index is 13.3. The number of H-pyrrole nitrogens is 1. The summed E-state index contributed by atoms with van der Waals surface area (Å²) in [5.41, 5.74) is 4.78. The average molecular weight is 443 g/mol. The standard InChI is InChI=1S/C25H26N6O2/c1-3-31(25(32)24-29-20-9-8-17(26-2)13-21(20)30-24)19-6-4-5-18(12-19)27-14-16-7-10-23-22(11-16)28-15-33-23/h7-11,13,15,18-19,27H,3-6,12,14H2,1H3,(H,29,30)/t18-,19+/m1/s1. The second-order valence-corrected chi connectivity index (χ2v) is 8.54. The Morgan fingerprint density at radius 3 is 3.03 bits per heavy atom. The van der Waals surface area contributed by atoms with Crippen LogP contribution in [-0.4, -0.2) is 44.4 Å². The lowest BCUT2D eigenvalue weighted by Crippen LogP contribution is -2.47. The van der Waals surface area contributed by atoms with Gasteiger partial charge in [-0.15, -0.1) is 0 Å². The zero-order valence-corrected chi connectivity index (χ0v) is 18.5. The van der Waals surface area contributed by atoms with Crippen LogP contribution >= 0.6 is 0 Å². The highest BCUT2D eigenvalue weighted by molar-refractivity contribution is 5.95. The van der Waals surface area contributed by atoms with E-state index in [0.717, 1.165) is 48.8 Å². The van der Waals surface area contributed by atoms with Crippen molar-refractivity contribution < 1.29 is 9.21 Å². The van der Waals surface area contributed by atoms with Gasteiger partial charge in [0.15, 0.2) is 23.5 Å². The normalized spacial score (nSPS) is 18.4. The van der Waals surface area contributed by atoms with E-state index in [4.69, 9.17) is 11.0 Å². The fourth-order valence-corrected chi connectivity index (χ4v) is 4.78. The fraction of sp³-hybridized carbons (Fsp3) is 0.360. The molecule has 0 radical (unpaired) electrons. The number of benzene rings is 2. The third kappa shape index (κ3) is 4.32. The Kier molecular flexibility index (Phi) is 5.80. The number of aromatic nitrogens is 3. The summed E-state index contributed by atoms with van der Waals surface area (Å²) < 4.78 is 5.32. The Bertz CT molecular complexity index is 1330. The lowest BCUT2D eigenvalue weighted by Gasteiger charge is -2.37. The maximum absolute atomic E-state index is 13.3. The van der Waals surface area contributed by atoms with Crippen molar-refractivity contribution in [3.8, 4) is 0 Å². The SMILES string of the molecule is [C-]#[N+]c1ccc2nc(C(=O)N(CC)[C@H]3CCC[C@@H](NCc4ccc5ocnc5c4)C3)[nH]c2c1. The third-order valence-electron chi connectivity index (χ3n) is 6.48. The predicted molar refractivity (Wildman–Crippen MR) is 126 cm³/mol. The second kappa shape index (κ2) is 9.04. The fourth-order valence-electron chi connectivity index (χ4n) is 4.78. The minimum absolute atomic E-state index is 0.0832. The summed E-state index contributed by atoms with van der Waals surface area (Å²) in [6.45, 7) is 10.6. The monoisotopic (exact) mass is 442 g/mol. The summed E-state index contributed by atoms with van der Waals surface area (Å²) >= 11 is 0. The van der Waals surface area contributed by atoms with E-state index in [2.05, 4.69) is 37.2 Å². The van der Waals surface area contributed by atoms with E-state index in [-0.39, 0.29) is 11.9 Å². The molecule has 0 aliphatic heterocycles. The van der Waals surface area contributed by atoms with E-state index in [1.54, 1.807) is 18.2 Å². The van der Waals surface area contributed by atoms with Gasteiger partial charge in [0.25, 0.3) is 5.91 Å². The number of aromatic amines is 1. The van der Waals surface area contributed by atoms with Crippen LogP contribution in [0.3, 0.4) is 0 Å². The summed E-state index contributed by atoms with van der Waals surface area (Å²) in [6, 6.07) is 11.8. The molecule has 1 aliphatic carbocycles. The summed E-state index contributed by atoms with van der Waals surface area (Å²) in [7, 11) is 0. The van der Waals surface area contributed by atoms with E-state index >= 15 is 0 Å². The molecule has 2 aromatic carbocycles. The Labute approximate surface area is 191 Å². The van der Waals surface area contributed by atoms with Crippen LogP contribution in [0.25, 0.3) is 27.0 Å². The minimum atomic E-state index is -0.0832. The zero-order valence-electron chi connectivity index (χ0n) is 18.5. The molecule has 33 heavy (non-hydrogen) atoms. The molecular weight excluding hydrogens is 416 g/mol. The van der Waals surface area contributed by atoms with E-state index in [1.807, 2.05) is 17.9 Å². The summed E-state index contributed by atoms with van der Waals surface area (Å²) in [4.78, 5) is 30.5. The minimum Gasteiger partial charge on any atom is -0.443 e. The Hall–Kier alpha value is -3.70. The smallest absolute Gasteiger partial charge is 0.289 e. The highest BCUT2D eigenvalue weighted by Gasteiger charge is 2.30. The van der Waals surface area contributed by atoms with Crippen LogP contribution in [0, 0.1) is 6.57 Å². The van der Waals surface area contributed by atoms with Crippen molar-refractivity contribution in [3.05, 3.63) is 65.6 Å². The largest absolute Gasteiger partial charge is 0.443 e. The highest BCUT2D eigenvalue weighted by Crippen LogP contribution is 2.26. The van der Waals surface area contributed by atoms with Gasteiger partial charge in [-0.05, 0) is 62.4 Å². The summed E-state index contributed by atoms with van der Waals surface area (Å²) in [5.74, 6) is 0.255. The first-order valence-corrected chi connectivity index (χ1v) is 11.4. The number of oxazole rings is 1. The van der Waals surface area contributed by atoms with Crippen molar-refractivity contribution in [2.45, 2.75) is 51.2 Å². The molecule has 2 heterocycles. The van der Waals surface area contributed by atoms with Crippen molar-refractivity contribution in [2.24, 2.45) is 0 Å². The van der Waals surface area contributed by atoms with Crippen molar-refractivity contribution >= 4 is 33.7 Å². The van der Waals surface area contributed by atoms with Gasteiger partial charge in [0.1, 0.15) is 5.52 Å². The Morgan fingerprint density at radius 2 is 2.18 bits per heavy atom. The van der Waals surface area contributed by atoms with Gasteiger partial charge in [0.2, 0.25) is 0 Å². The van der Waals surface area contributed by atoms with Crippen LogP contribution in [0.1, 0.15) is 48.8 Å². The molecule has 2 atom stereocenters. The van der Waals surface area contributed by atoms with Gasteiger partial charge >= 0.3 is 0 Å². The first-order valence-electron chi connectivity index (χ1n) is 11.4. The van der Waals surface area contributed by atoms with Crippen LogP contribution in [0.15, 0.2) is 47.2 Å². The summed E-state index contributed by atoms with van der Waals surface area (Å²) in [5, 5.41) is 3.67. The van der Waals surface area contributed by atoms with Crippen molar-refractivity contribution in [3.63, 3.8) is 0 Å². The molecule has 1 amide bonds. The molecule has 168 valence electrons.